The van der Waals surface area contributed by atoms with Crippen molar-refractivity contribution in [3.63, 3.8) is 0 Å². The van der Waals surface area contributed by atoms with Crippen molar-refractivity contribution >= 4 is 28.8 Å². The average Bonchev–Trinajstić information content (AvgIpc) is 2.99. The molecule has 1 aliphatic carbocycles. The number of carbonyl (C=O) groups excluding carboxylic acids is 1. The third-order valence-corrected chi connectivity index (χ3v) is 7.13. The summed E-state index contributed by atoms with van der Waals surface area (Å²) in [4.78, 5) is 25.9. The van der Waals surface area contributed by atoms with Gasteiger partial charge in [-0.1, -0.05) is 24.3 Å². The van der Waals surface area contributed by atoms with Gasteiger partial charge >= 0.3 is 5.97 Å². The summed E-state index contributed by atoms with van der Waals surface area (Å²) in [6.07, 6.45) is 0.760. The number of phenolic OH excluding ortho intramolecular Hbond substituents is 1. The summed E-state index contributed by atoms with van der Waals surface area (Å²) in [5.41, 5.74) is 4.25. The Labute approximate surface area is 199 Å². The number of aliphatic hydroxyl groups is 1. The Kier molecular flexibility index (Phi) is 6.08. The van der Waals surface area contributed by atoms with Crippen molar-refractivity contribution in [1.29, 1.82) is 0 Å². The number of carboxylic acid groups (broad SMARTS) is 1. The van der Waals surface area contributed by atoms with Crippen LogP contribution in [0.25, 0.3) is 0 Å². The van der Waals surface area contributed by atoms with Gasteiger partial charge in [0.15, 0.2) is 11.5 Å². The fourth-order valence-electron chi connectivity index (χ4n) is 5.12. The molecular formula is C27H31N2O5+. The Morgan fingerprint density at radius 2 is 1.91 bits per heavy atom. The number of fused-ring (bicyclic) bond motifs is 1. The lowest BCUT2D eigenvalue weighted by Gasteiger charge is -2.35. The van der Waals surface area contributed by atoms with Gasteiger partial charge in [0.2, 0.25) is 5.69 Å². The van der Waals surface area contributed by atoms with E-state index < -0.39 is 18.0 Å². The first kappa shape index (κ1) is 23.7. The Morgan fingerprint density at radius 3 is 2.50 bits per heavy atom. The van der Waals surface area contributed by atoms with E-state index in [9.17, 15) is 19.8 Å². The number of rotatable bonds is 7. The van der Waals surface area contributed by atoms with Crippen molar-refractivity contribution < 1.29 is 29.5 Å². The molecule has 1 saturated carbocycles. The zero-order valence-corrected chi connectivity index (χ0v) is 19.9. The lowest BCUT2D eigenvalue weighted by molar-refractivity contribution is -0.401. The number of hydrogen-bond acceptors (Lipinski definition) is 5. The van der Waals surface area contributed by atoms with Crippen LogP contribution in [-0.2, 0) is 15.0 Å². The maximum atomic E-state index is 13.1. The largest absolute Gasteiger partial charge is 0.508 e. The van der Waals surface area contributed by atoms with Crippen LogP contribution in [0.2, 0.25) is 0 Å². The number of hydrogen-bond donors (Lipinski definition) is 3. The van der Waals surface area contributed by atoms with E-state index in [1.807, 2.05) is 37.1 Å². The van der Waals surface area contributed by atoms with Crippen molar-refractivity contribution in [2.45, 2.75) is 44.6 Å². The van der Waals surface area contributed by atoms with Crippen LogP contribution in [0.1, 0.15) is 44.2 Å². The van der Waals surface area contributed by atoms with Gasteiger partial charge in [-0.15, -0.1) is 0 Å². The Morgan fingerprint density at radius 1 is 1.21 bits per heavy atom. The highest BCUT2D eigenvalue weighted by molar-refractivity contribution is 6.15. The molecule has 1 heterocycles. The highest BCUT2D eigenvalue weighted by Gasteiger charge is 2.49. The van der Waals surface area contributed by atoms with Crippen LogP contribution < -0.4 is 4.90 Å². The number of phenols is 1. The van der Waals surface area contributed by atoms with E-state index in [0.29, 0.717) is 29.9 Å². The highest BCUT2D eigenvalue weighted by Crippen LogP contribution is 2.45. The van der Waals surface area contributed by atoms with Gasteiger partial charge in [-0.25, -0.2) is 0 Å². The number of nitrogens with zero attached hydrogens (tertiary/aromatic N) is 2. The summed E-state index contributed by atoms with van der Waals surface area (Å²) in [6, 6.07) is 13.0. The summed E-state index contributed by atoms with van der Waals surface area (Å²) < 4.78 is 2.05. The Bertz CT molecular complexity index is 1230. The minimum absolute atomic E-state index is 0.0160. The molecule has 4 rings (SSSR count). The summed E-state index contributed by atoms with van der Waals surface area (Å²) in [5, 5.41) is 30.5. The fourth-order valence-corrected chi connectivity index (χ4v) is 5.12. The van der Waals surface area contributed by atoms with Gasteiger partial charge in [-0.3, -0.25) is 9.59 Å². The molecule has 1 aliphatic heterocycles. The van der Waals surface area contributed by atoms with Crippen LogP contribution in [0.15, 0.2) is 54.1 Å². The van der Waals surface area contributed by atoms with Crippen LogP contribution >= 0.6 is 0 Å². The van der Waals surface area contributed by atoms with Gasteiger partial charge in [0.05, 0.1) is 23.9 Å². The molecule has 0 radical (unpaired) electrons. The molecular weight excluding hydrogens is 432 g/mol. The van der Waals surface area contributed by atoms with E-state index in [1.54, 1.807) is 18.2 Å². The normalized spacial score (nSPS) is 22.0. The highest BCUT2D eigenvalue weighted by atomic mass is 16.4. The van der Waals surface area contributed by atoms with Crippen molar-refractivity contribution in [3.8, 4) is 5.75 Å². The molecule has 2 aromatic rings. The molecule has 178 valence electrons. The molecule has 0 spiro atoms. The third-order valence-electron chi connectivity index (χ3n) is 7.13. The maximum absolute atomic E-state index is 13.1. The molecule has 34 heavy (non-hydrogen) atoms. The summed E-state index contributed by atoms with van der Waals surface area (Å²) in [6.45, 7) is 6.99. The number of carboxylic acids is 1. The molecule has 0 saturated heterocycles. The van der Waals surface area contributed by atoms with Crippen molar-refractivity contribution in [1.82, 2.24) is 0 Å². The SMILES string of the molecule is CCN(CCC(=O)O)c1ccc(C2C(=O)C(=CC3=[N+](C)c4ccccc4C3(C)C)C2O)c(O)c1. The second-order valence-electron chi connectivity index (χ2n) is 9.44. The smallest absolute Gasteiger partial charge is 0.305 e. The van der Waals surface area contributed by atoms with E-state index in [0.717, 1.165) is 11.4 Å². The Hall–Kier alpha value is -3.45. The van der Waals surface area contributed by atoms with E-state index in [2.05, 4.69) is 24.5 Å². The number of ketones is 1. The van der Waals surface area contributed by atoms with Gasteiger partial charge in [-0.2, -0.15) is 4.58 Å². The predicted molar refractivity (Wildman–Crippen MR) is 130 cm³/mol. The molecule has 7 nitrogen and oxygen atoms in total. The average molecular weight is 464 g/mol. The van der Waals surface area contributed by atoms with Gasteiger partial charge < -0.3 is 20.2 Å². The third kappa shape index (κ3) is 3.80. The number of para-hydroxylation sites is 1. The zero-order valence-electron chi connectivity index (χ0n) is 19.9. The first-order valence-corrected chi connectivity index (χ1v) is 11.5. The fraction of sp³-hybridized carbons (Fsp3) is 0.370. The summed E-state index contributed by atoms with van der Waals surface area (Å²) in [5.74, 6) is -2.01. The van der Waals surface area contributed by atoms with E-state index in [1.165, 1.54) is 11.6 Å². The first-order valence-electron chi connectivity index (χ1n) is 11.5. The molecule has 2 aliphatic rings. The molecule has 2 unspecified atom stereocenters. The van der Waals surface area contributed by atoms with Crippen LogP contribution in [-0.4, -0.2) is 63.6 Å². The number of aromatic hydroxyl groups is 1. The first-order chi connectivity index (χ1) is 16.1. The number of allylic oxidation sites excluding steroid dienone is 1. The van der Waals surface area contributed by atoms with Gasteiger partial charge in [0.25, 0.3) is 0 Å². The number of aliphatic carboxylic acids is 1. The number of carbonyl (C=O) groups is 2. The second-order valence-corrected chi connectivity index (χ2v) is 9.44. The number of Topliss-reactive ketones (excluding diaryl/α,β-unsaturated/α-hetero) is 1. The number of benzene rings is 2. The van der Waals surface area contributed by atoms with Crippen molar-refractivity contribution in [2.75, 3.05) is 25.0 Å². The van der Waals surface area contributed by atoms with Crippen LogP contribution in [0.4, 0.5) is 11.4 Å². The van der Waals surface area contributed by atoms with Gasteiger partial charge in [0.1, 0.15) is 12.8 Å². The maximum Gasteiger partial charge on any atom is 0.305 e. The minimum Gasteiger partial charge on any atom is -0.508 e. The topological polar surface area (TPSA) is 101 Å². The second kappa shape index (κ2) is 8.72. The van der Waals surface area contributed by atoms with Crippen LogP contribution in [0.3, 0.4) is 0 Å². The van der Waals surface area contributed by atoms with Crippen LogP contribution in [0, 0.1) is 0 Å². The monoisotopic (exact) mass is 463 g/mol. The van der Waals surface area contributed by atoms with Crippen molar-refractivity contribution in [3.05, 3.63) is 65.2 Å². The zero-order chi connectivity index (χ0) is 24.8. The molecule has 0 bridgehead atoms. The molecule has 3 N–H and O–H groups in total. The standard InChI is InChI=1S/C27H30N2O5/c1-5-29(13-12-23(31)32)16-10-11-17(21(30)14-16)24-25(33)18(26(24)34)15-22-27(2,3)19-8-6-7-9-20(19)28(22)4/h6-11,14-15,24-25,33H,5,12-13H2,1-4H3,(H-,30,31,32)/p+1. The van der Waals surface area contributed by atoms with Gasteiger partial charge in [0, 0.05) is 53.7 Å². The number of anilines is 1. The predicted octanol–water partition coefficient (Wildman–Crippen LogP) is 3.35. The van der Waals surface area contributed by atoms with E-state index >= 15 is 0 Å². The van der Waals surface area contributed by atoms with Gasteiger partial charge in [-0.05, 0) is 26.8 Å². The molecule has 0 amide bonds. The molecule has 7 heteroatoms. The summed E-state index contributed by atoms with van der Waals surface area (Å²) in [7, 11) is 1.96. The lowest BCUT2D eigenvalue weighted by atomic mass is 9.69. The number of aliphatic hydroxyl groups excluding tert-OH is 1. The molecule has 2 atom stereocenters. The Balaban J connectivity index is 1.58. The van der Waals surface area contributed by atoms with Crippen LogP contribution in [0.5, 0.6) is 5.75 Å². The quantitative estimate of drug-likeness (QED) is 0.430. The molecule has 1 fully saturated rings. The molecule has 2 aromatic carbocycles. The van der Waals surface area contributed by atoms with E-state index in [4.69, 9.17) is 5.11 Å². The molecule has 0 aromatic heterocycles. The minimum atomic E-state index is -1.01. The van der Waals surface area contributed by atoms with Crippen molar-refractivity contribution in [2.24, 2.45) is 0 Å². The van der Waals surface area contributed by atoms with E-state index in [-0.39, 0.29) is 23.4 Å². The lowest BCUT2D eigenvalue weighted by Crippen LogP contribution is -2.44. The summed E-state index contributed by atoms with van der Waals surface area (Å²) >= 11 is 0.